The Morgan fingerprint density at radius 2 is 1.94 bits per heavy atom. The van der Waals surface area contributed by atoms with Gasteiger partial charge in [0.05, 0.1) is 0 Å². The van der Waals surface area contributed by atoms with Crippen molar-refractivity contribution in [2.24, 2.45) is 11.8 Å². The van der Waals surface area contributed by atoms with Gasteiger partial charge in [-0.1, -0.05) is 50.3 Å². The normalized spacial score (nSPS) is 24.4. The molecular weight excluding hydrogens is 218 g/mol. The van der Waals surface area contributed by atoms with Crippen molar-refractivity contribution < 1.29 is 0 Å². The van der Waals surface area contributed by atoms with E-state index < -0.39 is 0 Å². The highest BCUT2D eigenvalue weighted by molar-refractivity contribution is 5.58. The van der Waals surface area contributed by atoms with Crippen molar-refractivity contribution in [1.29, 1.82) is 0 Å². The fraction of sp³-hybridized carbons (Fsp3) is 0.647. The zero-order valence-electron chi connectivity index (χ0n) is 11.5. The van der Waals surface area contributed by atoms with E-state index in [0.717, 1.165) is 11.8 Å². The summed E-state index contributed by atoms with van der Waals surface area (Å²) >= 11 is 0. The van der Waals surface area contributed by atoms with Gasteiger partial charge in [0.15, 0.2) is 0 Å². The lowest BCUT2D eigenvalue weighted by molar-refractivity contribution is 0.289. The predicted molar refractivity (Wildman–Crippen MR) is 78.1 cm³/mol. The number of para-hydroxylation sites is 1. The molecule has 1 atom stereocenters. The van der Waals surface area contributed by atoms with Crippen LogP contribution in [0.25, 0.3) is 0 Å². The summed E-state index contributed by atoms with van der Waals surface area (Å²) in [6, 6.07) is 6.73. The molecule has 1 N–H and O–H groups in total. The summed E-state index contributed by atoms with van der Waals surface area (Å²) in [4.78, 5) is 0. The number of hydrogen-bond acceptors (Lipinski definition) is 1. The molecule has 0 amide bonds. The van der Waals surface area contributed by atoms with Gasteiger partial charge in [-0.25, -0.2) is 0 Å². The van der Waals surface area contributed by atoms with Crippen LogP contribution in [0, 0.1) is 18.8 Å². The van der Waals surface area contributed by atoms with Crippen LogP contribution in [0.3, 0.4) is 0 Å². The monoisotopic (exact) mass is 243 g/mol. The molecule has 98 valence electrons. The Morgan fingerprint density at radius 1 is 1.11 bits per heavy atom. The third-order valence-corrected chi connectivity index (χ3v) is 4.83. The van der Waals surface area contributed by atoms with Crippen molar-refractivity contribution >= 4 is 5.69 Å². The third-order valence-electron chi connectivity index (χ3n) is 4.83. The van der Waals surface area contributed by atoms with E-state index in [1.807, 2.05) is 0 Å². The number of anilines is 1. The van der Waals surface area contributed by atoms with Crippen LogP contribution in [0.15, 0.2) is 18.2 Å². The van der Waals surface area contributed by atoms with E-state index >= 15 is 0 Å². The van der Waals surface area contributed by atoms with Crippen LogP contribution < -0.4 is 5.32 Å². The van der Waals surface area contributed by atoms with Gasteiger partial charge in [-0.15, -0.1) is 0 Å². The molecule has 0 spiro atoms. The lowest BCUT2D eigenvalue weighted by atomic mass is 9.79. The molecule has 1 fully saturated rings. The van der Waals surface area contributed by atoms with Gasteiger partial charge in [0.25, 0.3) is 0 Å². The minimum atomic E-state index is 0.863. The van der Waals surface area contributed by atoms with Crippen molar-refractivity contribution in [2.45, 2.75) is 51.9 Å². The number of aryl methyl sites for hydroxylation is 1. The summed E-state index contributed by atoms with van der Waals surface area (Å²) in [5.41, 5.74) is 4.36. The van der Waals surface area contributed by atoms with Crippen molar-refractivity contribution in [3.8, 4) is 0 Å². The second-order valence-electron chi connectivity index (χ2n) is 6.30. The van der Waals surface area contributed by atoms with E-state index in [4.69, 9.17) is 0 Å². The van der Waals surface area contributed by atoms with E-state index in [1.54, 1.807) is 5.56 Å². The van der Waals surface area contributed by atoms with Crippen molar-refractivity contribution in [2.75, 3.05) is 11.9 Å². The largest absolute Gasteiger partial charge is 0.384 e. The maximum absolute atomic E-state index is 3.67. The molecule has 1 aliphatic carbocycles. The highest BCUT2D eigenvalue weighted by atomic mass is 14.9. The fourth-order valence-corrected chi connectivity index (χ4v) is 3.84. The first-order chi connectivity index (χ1) is 8.83. The molecule has 1 heteroatoms. The molecule has 1 saturated carbocycles. The topological polar surface area (TPSA) is 12.0 Å². The standard InChI is InChI=1S/C17H25N/c1-13-6-5-9-16-11-15(12-18-17(13)16)10-14-7-3-2-4-8-14/h5-6,9,14-15,18H,2-4,7-8,10-12H2,1H3. The molecule has 1 unspecified atom stereocenters. The van der Waals surface area contributed by atoms with Gasteiger partial charge in [0, 0.05) is 12.2 Å². The Kier molecular flexibility index (Phi) is 3.58. The molecular formula is C17H25N. The van der Waals surface area contributed by atoms with Crippen LogP contribution >= 0.6 is 0 Å². The van der Waals surface area contributed by atoms with Crippen LogP contribution in [-0.4, -0.2) is 6.54 Å². The average Bonchev–Trinajstić information content (AvgIpc) is 2.40. The first kappa shape index (κ1) is 12.1. The minimum Gasteiger partial charge on any atom is -0.384 e. The van der Waals surface area contributed by atoms with Gasteiger partial charge in [-0.2, -0.15) is 0 Å². The SMILES string of the molecule is Cc1cccc2c1NCC(CC1CCCCC1)C2. The molecule has 1 heterocycles. The van der Waals surface area contributed by atoms with Gasteiger partial charge in [0.1, 0.15) is 0 Å². The number of fused-ring (bicyclic) bond motifs is 1. The average molecular weight is 243 g/mol. The zero-order chi connectivity index (χ0) is 12.4. The molecule has 0 radical (unpaired) electrons. The Bertz CT molecular complexity index is 404. The minimum absolute atomic E-state index is 0.863. The van der Waals surface area contributed by atoms with E-state index in [0.29, 0.717) is 0 Å². The Balaban J connectivity index is 1.64. The second-order valence-corrected chi connectivity index (χ2v) is 6.30. The Hall–Kier alpha value is -0.980. The lowest BCUT2D eigenvalue weighted by Crippen LogP contribution is -2.26. The van der Waals surface area contributed by atoms with Gasteiger partial charge in [-0.3, -0.25) is 0 Å². The van der Waals surface area contributed by atoms with Gasteiger partial charge < -0.3 is 5.32 Å². The second kappa shape index (κ2) is 5.34. The fourth-order valence-electron chi connectivity index (χ4n) is 3.84. The smallest absolute Gasteiger partial charge is 0.0402 e. The highest BCUT2D eigenvalue weighted by Gasteiger charge is 2.23. The van der Waals surface area contributed by atoms with E-state index in [2.05, 4.69) is 30.4 Å². The maximum Gasteiger partial charge on any atom is 0.0402 e. The van der Waals surface area contributed by atoms with Crippen molar-refractivity contribution in [1.82, 2.24) is 0 Å². The number of nitrogens with one attached hydrogen (secondary N) is 1. The van der Waals surface area contributed by atoms with E-state index in [1.165, 1.54) is 62.7 Å². The van der Waals surface area contributed by atoms with Crippen LogP contribution in [0.4, 0.5) is 5.69 Å². The molecule has 2 aliphatic rings. The number of hydrogen-bond donors (Lipinski definition) is 1. The molecule has 0 aromatic heterocycles. The predicted octanol–water partition coefficient (Wildman–Crippen LogP) is 4.55. The van der Waals surface area contributed by atoms with Crippen LogP contribution in [-0.2, 0) is 6.42 Å². The molecule has 1 aliphatic heterocycles. The lowest BCUT2D eigenvalue weighted by Gasteiger charge is -2.31. The molecule has 0 bridgehead atoms. The Labute approximate surface area is 111 Å². The van der Waals surface area contributed by atoms with Gasteiger partial charge >= 0.3 is 0 Å². The van der Waals surface area contributed by atoms with Crippen molar-refractivity contribution in [3.05, 3.63) is 29.3 Å². The number of benzene rings is 1. The number of rotatable bonds is 2. The molecule has 3 rings (SSSR count). The Morgan fingerprint density at radius 3 is 2.78 bits per heavy atom. The van der Waals surface area contributed by atoms with E-state index in [9.17, 15) is 0 Å². The summed E-state index contributed by atoms with van der Waals surface area (Å²) < 4.78 is 0. The van der Waals surface area contributed by atoms with Gasteiger partial charge in [-0.05, 0) is 42.7 Å². The zero-order valence-corrected chi connectivity index (χ0v) is 11.5. The highest BCUT2D eigenvalue weighted by Crippen LogP contribution is 2.34. The summed E-state index contributed by atoms with van der Waals surface area (Å²) in [7, 11) is 0. The van der Waals surface area contributed by atoms with E-state index in [-0.39, 0.29) is 0 Å². The molecule has 1 aromatic rings. The molecule has 1 nitrogen and oxygen atoms in total. The van der Waals surface area contributed by atoms with Crippen LogP contribution in [0.2, 0.25) is 0 Å². The first-order valence-corrected chi connectivity index (χ1v) is 7.65. The van der Waals surface area contributed by atoms with Crippen LogP contribution in [0.5, 0.6) is 0 Å². The summed E-state index contributed by atoms with van der Waals surface area (Å²) in [5, 5.41) is 3.67. The summed E-state index contributed by atoms with van der Waals surface area (Å²) in [6.45, 7) is 3.40. The molecule has 0 saturated heterocycles. The first-order valence-electron chi connectivity index (χ1n) is 7.65. The maximum atomic E-state index is 3.67. The molecule has 18 heavy (non-hydrogen) atoms. The van der Waals surface area contributed by atoms with Crippen LogP contribution in [0.1, 0.15) is 49.7 Å². The quantitative estimate of drug-likeness (QED) is 0.803. The van der Waals surface area contributed by atoms with Gasteiger partial charge in [0.2, 0.25) is 0 Å². The summed E-state index contributed by atoms with van der Waals surface area (Å²) in [5.74, 6) is 1.87. The third kappa shape index (κ3) is 2.55. The van der Waals surface area contributed by atoms with Crippen molar-refractivity contribution in [3.63, 3.8) is 0 Å². The molecule has 1 aromatic carbocycles. The summed E-state index contributed by atoms with van der Waals surface area (Å²) in [6.07, 6.45) is 10.1.